The summed E-state index contributed by atoms with van der Waals surface area (Å²) < 4.78 is 31.0. The summed E-state index contributed by atoms with van der Waals surface area (Å²) >= 11 is 0. The van der Waals surface area contributed by atoms with Crippen molar-refractivity contribution in [3.63, 3.8) is 0 Å². The van der Waals surface area contributed by atoms with E-state index in [1.165, 1.54) is 23.0 Å². The molecule has 6 nitrogen and oxygen atoms in total. The molecule has 20 heavy (non-hydrogen) atoms. The summed E-state index contributed by atoms with van der Waals surface area (Å²) in [5.41, 5.74) is 0.557. The highest BCUT2D eigenvalue weighted by Crippen LogP contribution is 2.18. The Balaban J connectivity index is 2.40. The quantitative estimate of drug-likeness (QED) is 0.803. The molecule has 0 aromatic carbocycles. The van der Waals surface area contributed by atoms with Crippen molar-refractivity contribution in [2.75, 3.05) is 6.61 Å². The van der Waals surface area contributed by atoms with Crippen LogP contribution in [0.2, 0.25) is 0 Å². The molecular weight excluding hydrogens is 270 g/mol. The third-order valence-corrected chi connectivity index (χ3v) is 2.55. The van der Waals surface area contributed by atoms with Crippen LogP contribution in [0, 0.1) is 6.92 Å². The number of aryl methyl sites for hydroxylation is 1. The SMILES string of the molecule is CCOC(=O)c1c(C)nnn1-c1ccc(C(F)F)nc1. The number of esters is 1. The first-order chi connectivity index (χ1) is 9.54. The summed E-state index contributed by atoms with van der Waals surface area (Å²) in [7, 11) is 0. The molecule has 0 amide bonds. The summed E-state index contributed by atoms with van der Waals surface area (Å²) in [5, 5.41) is 7.59. The van der Waals surface area contributed by atoms with E-state index in [0.717, 1.165) is 0 Å². The molecule has 2 heterocycles. The average Bonchev–Trinajstić information content (AvgIpc) is 2.81. The molecular formula is C12H12F2N4O2. The van der Waals surface area contributed by atoms with Crippen molar-refractivity contribution >= 4 is 5.97 Å². The first-order valence-electron chi connectivity index (χ1n) is 5.88. The van der Waals surface area contributed by atoms with Gasteiger partial charge in [0.15, 0.2) is 5.69 Å². The first-order valence-corrected chi connectivity index (χ1v) is 5.88. The summed E-state index contributed by atoms with van der Waals surface area (Å²) in [6, 6.07) is 2.57. The van der Waals surface area contributed by atoms with Gasteiger partial charge in [-0.3, -0.25) is 4.98 Å². The van der Waals surface area contributed by atoms with Gasteiger partial charge in [0.05, 0.1) is 24.2 Å². The van der Waals surface area contributed by atoms with E-state index < -0.39 is 12.4 Å². The Morgan fingerprint density at radius 2 is 2.20 bits per heavy atom. The number of halogens is 2. The maximum Gasteiger partial charge on any atom is 0.359 e. The van der Waals surface area contributed by atoms with Crippen LogP contribution in [0.1, 0.15) is 35.2 Å². The number of ether oxygens (including phenoxy) is 1. The zero-order valence-electron chi connectivity index (χ0n) is 10.9. The minimum absolute atomic E-state index is 0.151. The molecule has 0 aliphatic carbocycles. The van der Waals surface area contributed by atoms with Gasteiger partial charge in [0.2, 0.25) is 0 Å². The highest BCUT2D eigenvalue weighted by molar-refractivity contribution is 5.89. The predicted molar refractivity (Wildman–Crippen MR) is 64.8 cm³/mol. The van der Waals surface area contributed by atoms with Gasteiger partial charge in [-0.2, -0.15) is 0 Å². The number of pyridine rings is 1. The number of hydrogen-bond acceptors (Lipinski definition) is 5. The van der Waals surface area contributed by atoms with Crippen molar-refractivity contribution < 1.29 is 18.3 Å². The number of hydrogen-bond donors (Lipinski definition) is 0. The summed E-state index contributed by atoms with van der Waals surface area (Å²) in [6.45, 7) is 3.50. The second kappa shape index (κ2) is 5.72. The molecule has 0 N–H and O–H groups in total. The van der Waals surface area contributed by atoms with Crippen molar-refractivity contribution in [3.8, 4) is 5.69 Å². The fourth-order valence-electron chi connectivity index (χ4n) is 1.62. The fourth-order valence-corrected chi connectivity index (χ4v) is 1.62. The molecule has 106 valence electrons. The fraction of sp³-hybridized carbons (Fsp3) is 0.333. The molecule has 0 aliphatic heterocycles. The van der Waals surface area contributed by atoms with Crippen molar-refractivity contribution in [2.45, 2.75) is 20.3 Å². The summed E-state index contributed by atoms with van der Waals surface area (Å²) in [6.07, 6.45) is -1.44. The van der Waals surface area contributed by atoms with Gasteiger partial charge < -0.3 is 4.74 Å². The normalized spacial score (nSPS) is 10.8. The molecule has 0 fully saturated rings. The van der Waals surface area contributed by atoms with Crippen molar-refractivity contribution in [3.05, 3.63) is 35.4 Å². The molecule has 8 heteroatoms. The van der Waals surface area contributed by atoms with Crippen molar-refractivity contribution in [2.24, 2.45) is 0 Å². The number of carbonyl (C=O) groups is 1. The molecule has 2 aromatic heterocycles. The molecule has 2 aromatic rings. The molecule has 0 saturated heterocycles. The Labute approximate surface area is 113 Å². The van der Waals surface area contributed by atoms with Crippen molar-refractivity contribution in [1.82, 2.24) is 20.0 Å². The Morgan fingerprint density at radius 3 is 2.75 bits per heavy atom. The number of alkyl halides is 2. The highest BCUT2D eigenvalue weighted by atomic mass is 19.3. The van der Waals surface area contributed by atoms with E-state index in [1.54, 1.807) is 13.8 Å². The second-order valence-electron chi connectivity index (χ2n) is 3.90. The minimum atomic E-state index is -2.65. The van der Waals surface area contributed by atoms with Crippen LogP contribution in [0.4, 0.5) is 8.78 Å². The van der Waals surface area contributed by atoms with E-state index in [2.05, 4.69) is 15.3 Å². The number of aromatic nitrogens is 4. The lowest BCUT2D eigenvalue weighted by atomic mass is 10.3. The van der Waals surface area contributed by atoms with E-state index in [4.69, 9.17) is 4.74 Å². The largest absolute Gasteiger partial charge is 0.461 e. The van der Waals surface area contributed by atoms with Crippen LogP contribution in [0.3, 0.4) is 0 Å². The van der Waals surface area contributed by atoms with Crippen LogP contribution in [0.15, 0.2) is 18.3 Å². The minimum Gasteiger partial charge on any atom is -0.461 e. The molecule has 0 atom stereocenters. The lowest BCUT2D eigenvalue weighted by Crippen LogP contribution is -2.13. The summed E-state index contributed by atoms with van der Waals surface area (Å²) in [5.74, 6) is -0.576. The highest BCUT2D eigenvalue weighted by Gasteiger charge is 2.20. The Kier molecular flexibility index (Phi) is 4.02. The van der Waals surface area contributed by atoms with Crippen LogP contribution < -0.4 is 0 Å². The van der Waals surface area contributed by atoms with Crippen LogP contribution in [0.25, 0.3) is 5.69 Å². The van der Waals surface area contributed by atoms with Crippen LogP contribution in [-0.2, 0) is 4.74 Å². The summed E-state index contributed by atoms with van der Waals surface area (Å²) in [4.78, 5) is 15.5. The predicted octanol–water partition coefficient (Wildman–Crippen LogP) is 2.09. The maximum atomic E-state index is 12.4. The molecule has 0 saturated carbocycles. The Bertz CT molecular complexity index is 610. The second-order valence-corrected chi connectivity index (χ2v) is 3.90. The van der Waals surface area contributed by atoms with Crippen LogP contribution >= 0.6 is 0 Å². The Morgan fingerprint density at radius 1 is 1.45 bits per heavy atom. The molecule has 2 rings (SSSR count). The van der Waals surface area contributed by atoms with Gasteiger partial charge >= 0.3 is 5.97 Å². The first kappa shape index (κ1) is 14.0. The van der Waals surface area contributed by atoms with E-state index in [-0.39, 0.29) is 18.0 Å². The monoisotopic (exact) mass is 282 g/mol. The average molecular weight is 282 g/mol. The molecule has 0 radical (unpaired) electrons. The molecule has 0 bridgehead atoms. The van der Waals surface area contributed by atoms with Gasteiger partial charge in [0.25, 0.3) is 6.43 Å². The van der Waals surface area contributed by atoms with Gasteiger partial charge in [-0.25, -0.2) is 18.3 Å². The number of rotatable bonds is 4. The zero-order valence-corrected chi connectivity index (χ0v) is 10.9. The number of carbonyl (C=O) groups excluding carboxylic acids is 1. The maximum absolute atomic E-state index is 12.4. The van der Waals surface area contributed by atoms with E-state index in [0.29, 0.717) is 11.4 Å². The van der Waals surface area contributed by atoms with Crippen LogP contribution in [-0.4, -0.2) is 32.6 Å². The molecule has 0 aliphatic rings. The van der Waals surface area contributed by atoms with E-state index >= 15 is 0 Å². The van der Waals surface area contributed by atoms with Gasteiger partial charge in [0.1, 0.15) is 5.69 Å². The van der Waals surface area contributed by atoms with Gasteiger partial charge in [0, 0.05) is 0 Å². The smallest absolute Gasteiger partial charge is 0.359 e. The molecule has 0 spiro atoms. The van der Waals surface area contributed by atoms with Crippen LogP contribution in [0.5, 0.6) is 0 Å². The number of nitrogens with zero attached hydrogens (tertiary/aromatic N) is 4. The molecule has 0 unspecified atom stereocenters. The van der Waals surface area contributed by atoms with Gasteiger partial charge in [-0.05, 0) is 26.0 Å². The standard InChI is InChI=1S/C12H12F2N4O2/c1-3-20-12(19)10-7(2)16-17-18(10)8-4-5-9(11(13)14)15-6-8/h4-6,11H,3H2,1-2H3. The topological polar surface area (TPSA) is 69.9 Å². The lowest BCUT2D eigenvalue weighted by Gasteiger charge is -2.06. The van der Waals surface area contributed by atoms with E-state index in [1.807, 2.05) is 0 Å². The van der Waals surface area contributed by atoms with Gasteiger partial charge in [-0.1, -0.05) is 5.21 Å². The third-order valence-electron chi connectivity index (χ3n) is 2.55. The third kappa shape index (κ3) is 2.63. The van der Waals surface area contributed by atoms with E-state index in [9.17, 15) is 13.6 Å². The Hall–Kier alpha value is -2.38. The zero-order chi connectivity index (χ0) is 14.7. The van der Waals surface area contributed by atoms with Gasteiger partial charge in [-0.15, -0.1) is 5.10 Å². The van der Waals surface area contributed by atoms with Crippen molar-refractivity contribution in [1.29, 1.82) is 0 Å². The lowest BCUT2D eigenvalue weighted by molar-refractivity contribution is 0.0515.